The minimum atomic E-state index is 0.580. The number of hydrogen-bond donors (Lipinski definition) is 1. The van der Waals surface area contributed by atoms with Crippen molar-refractivity contribution in [2.75, 3.05) is 11.9 Å². The monoisotopic (exact) mass is 303 g/mol. The van der Waals surface area contributed by atoms with Crippen LogP contribution in [0.2, 0.25) is 0 Å². The van der Waals surface area contributed by atoms with Crippen LogP contribution in [0.5, 0.6) is 0 Å². The maximum absolute atomic E-state index is 3.71. The van der Waals surface area contributed by atoms with Crippen molar-refractivity contribution in [3.05, 3.63) is 63.7 Å². The van der Waals surface area contributed by atoms with Gasteiger partial charge in [0.25, 0.3) is 0 Å². The Morgan fingerprint density at radius 3 is 2.61 bits per heavy atom. The van der Waals surface area contributed by atoms with Crippen molar-refractivity contribution in [1.29, 1.82) is 0 Å². The van der Waals surface area contributed by atoms with Gasteiger partial charge in [-0.05, 0) is 77.8 Å². The number of benzene rings is 2. The van der Waals surface area contributed by atoms with Crippen LogP contribution in [-0.2, 0) is 25.7 Å². The largest absolute Gasteiger partial charge is 0.385 e. The van der Waals surface area contributed by atoms with Crippen LogP contribution < -0.4 is 5.32 Å². The molecule has 2 aliphatic carbocycles. The molecule has 0 radical (unpaired) electrons. The lowest BCUT2D eigenvalue weighted by molar-refractivity contribution is 0.557. The van der Waals surface area contributed by atoms with E-state index in [1.54, 1.807) is 27.8 Å². The Kier molecular flexibility index (Phi) is 3.04. The van der Waals surface area contributed by atoms with Gasteiger partial charge in [-0.25, -0.2) is 0 Å². The first-order valence-corrected chi connectivity index (χ1v) is 9.31. The second-order valence-corrected chi connectivity index (χ2v) is 7.74. The summed E-state index contributed by atoms with van der Waals surface area (Å²) in [7, 11) is 0. The smallest absolute Gasteiger partial charge is 0.0411 e. The van der Waals surface area contributed by atoms with E-state index in [0.717, 1.165) is 6.54 Å². The predicted octanol–water partition coefficient (Wildman–Crippen LogP) is 4.86. The molecule has 3 aliphatic rings. The summed E-state index contributed by atoms with van der Waals surface area (Å²) in [5.74, 6) is 1.29. The van der Waals surface area contributed by atoms with E-state index < -0.39 is 0 Å². The molecular weight excluding hydrogens is 278 g/mol. The van der Waals surface area contributed by atoms with Crippen LogP contribution in [0, 0.1) is 5.92 Å². The molecule has 0 saturated heterocycles. The van der Waals surface area contributed by atoms with Gasteiger partial charge in [-0.2, -0.15) is 0 Å². The molecule has 23 heavy (non-hydrogen) atoms. The van der Waals surface area contributed by atoms with Crippen LogP contribution in [0.1, 0.15) is 59.1 Å². The van der Waals surface area contributed by atoms with E-state index in [4.69, 9.17) is 0 Å². The number of fused-ring (bicyclic) bond motifs is 3. The lowest BCUT2D eigenvalue weighted by Gasteiger charge is -2.26. The van der Waals surface area contributed by atoms with E-state index >= 15 is 0 Å². The molecule has 2 aromatic rings. The molecule has 5 rings (SSSR count). The highest BCUT2D eigenvalue weighted by molar-refractivity contribution is 5.64. The molecule has 1 N–H and O–H groups in total. The quantitative estimate of drug-likeness (QED) is 0.793. The number of rotatable bonds is 1. The third-order valence-electron chi connectivity index (χ3n) is 6.24. The average molecular weight is 303 g/mol. The molecule has 0 spiro atoms. The van der Waals surface area contributed by atoms with Crippen LogP contribution in [-0.4, -0.2) is 6.54 Å². The average Bonchev–Trinajstić information content (AvgIpc) is 3.14. The third kappa shape index (κ3) is 2.06. The Morgan fingerprint density at radius 1 is 0.870 bits per heavy atom. The second kappa shape index (κ2) is 5.12. The number of nitrogens with one attached hydrogen (secondary N) is 1. The molecule has 0 aromatic heterocycles. The van der Waals surface area contributed by atoms with Crippen LogP contribution >= 0.6 is 0 Å². The van der Waals surface area contributed by atoms with Crippen molar-refractivity contribution in [3.8, 4) is 0 Å². The molecule has 0 amide bonds. The molecule has 0 fully saturated rings. The molecule has 2 aromatic carbocycles. The van der Waals surface area contributed by atoms with Crippen molar-refractivity contribution >= 4 is 5.69 Å². The Bertz CT molecular complexity index is 774. The van der Waals surface area contributed by atoms with Crippen LogP contribution in [0.25, 0.3) is 0 Å². The van der Waals surface area contributed by atoms with Crippen LogP contribution in [0.15, 0.2) is 30.3 Å². The Labute approximate surface area is 139 Å². The van der Waals surface area contributed by atoms with Gasteiger partial charge in [-0.1, -0.05) is 37.3 Å². The first-order chi connectivity index (χ1) is 11.3. The zero-order valence-electron chi connectivity index (χ0n) is 14.0. The SMILES string of the molecule is CC1Cc2cc3c(cc2C1c1cccc2c1NCCC2)CCC3. The van der Waals surface area contributed by atoms with E-state index in [0.29, 0.717) is 11.8 Å². The fourth-order valence-electron chi connectivity index (χ4n) is 5.20. The van der Waals surface area contributed by atoms with Crippen LogP contribution in [0.3, 0.4) is 0 Å². The summed E-state index contributed by atoms with van der Waals surface area (Å²) in [6, 6.07) is 12.1. The molecule has 1 heteroatoms. The molecule has 0 saturated carbocycles. The highest BCUT2D eigenvalue weighted by atomic mass is 14.9. The molecule has 0 bridgehead atoms. The number of para-hydroxylation sites is 1. The molecule has 118 valence electrons. The van der Waals surface area contributed by atoms with E-state index in [1.165, 1.54) is 49.8 Å². The molecule has 2 unspecified atom stereocenters. The van der Waals surface area contributed by atoms with Gasteiger partial charge in [0.05, 0.1) is 0 Å². The van der Waals surface area contributed by atoms with Crippen molar-refractivity contribution in [3.63, 3.8) is 0 Å². The van der Waals surface area contributed by atoms with Crippen LogP contribution in [0.4, 0.5) is 5.69 Å². The zero-order valence-corrected chi connectivity index (χ0v) is 14.0. The minimum Gasteiger partial charge on any atom is -0.385 e. The molecule has 1 nitrogen and oxygen atoms in total. The van der Waals surface area contributed by atoms with Gasteiger partial charge in [0, 0.05) is 18.2 Å². The summed E-state index contributed by atoms with van der Waals surface area (Å²) in [6.07, 6.45) is 7.67. The van der Waals surface area contributed by atoms with E-state index in [1.807, 2.05) is 0 Å². The Balaban J connectivity index is 1.65. The Hall–Kier alpha value is -1.76. The van der Waals surface area contributed by atoms with Gasteiger partial charge in [-0.3, -0.25) is 0 Å². The first-order valence-electron chi connectivity index (χ1n) is 9.31. The zero-order chi connectivity index (χ0) is 15.4. The predicted molar refractivity (Wildman–Crippen MR) is 96.4 cm³/mol. The summed E-state index contributed by atoms with van der Waals surface area (Å²) in [6.45, 7) is 3.57. The summed E-state index contributed by atoms with van der Waals surface area (Å²) < 4.78 is 0. The number of aryl methyl sites for hydroxylation is 3. The Morgan fingerprint density at radius 2 is 1.70 bits per heavy atom. The summed E-state index contributed by atoms with van der Waals surface area (Å²) in [5, 5.41) is 3.71. The minimum absolute atomic E-state index is 0.580. The van der Waals surface area contributed by atoms with Crippen molar-refractivity contribution < 1.29 is 0 Å². The molecule has 1 heterocycles. The van der Waals surface area contributed by atoms with Crippen molar-refractivity contribution in [1.82, 2.24) is 0 Å². The molecule has 2 atom stereocenters. The lowest BCUT2D eigenvalue weighted by Crippen LogP contribution is -2.16. The maximum atomic E-state index is 3.71. The summed E-state index contributed by atoms with van der Waals surface area (Å²) >= 11 is 0. The van der Waals surface area contributed by atoms with Gasteiger partial charge >= 0.3 is 0 Å². The van der Waals surface area contributed by atoms with Gasteiger partial charge < -0.3 is 5.32 Å². The van der Waals surface area contributed by atoms with E-state index in [9.17, 15) is 0 Å². The van der Waals surface area contributed by atoms with Crippen molar-refractivity contribution in [2.24, 2.45) is 5.92 Å². The highest BCUT2D eigenvalue weighted by Gasteiger charge is 2.34. The topological polar surface area (TPSA) is 12.0 Å². The molecule has 1 aliphatic heterocycles. The third-order valence-corrected chi connectivity index (χ3v) is 6.24. The molecular formula is C22H25N. The number of hydrogen-bond acceptors (Lipinski definition) is 1. The lowest BCUT2D eigenvalue weighted by atomic mass is 9.83. The van der Waals surface area contributed by atoms with Gasteiger partial charge in [0.15, 0.2) is 0 Å². The van der Waals surface area contributed by atoms with E-state index in [-0.39, 0.29) is 0 Å². The fourth-order valence-corrected chi connectivity index (χ4v) is 5.20. The highest BCUT2D eigenvalue weighted by Crippen LogP contribution is 2.47. The summed E-state index contributed by atoms with van der Waals surface area (Å²) in [5.41, 5.74) is 11.0. The van der Waals surface area contributed by atoms with Gasteiger partial charge in [0.2, 0.25) is 0 Å². The van der Waals surface area contributed by atoms with Crippen molar-refractivity contribution in [2.45, 2.75) is 51.4 Å². The first kappa shape index (κ1) is 13.7. The fraction of sp³-hybridized carbons (Fsp3) is 0.455. The standard InChI is InChI=1S/C22H25N/c1-14-11-18-12-16-6-2-7-17(16)13-20(18)21(14)19-9-3-5-15-8-4-10-23-22(15)19/h3,5,9,12-14,21,23H,2,4,6-8,10-11H2,1H3. The maximum Gasteiger partial charge on any atom is 0.0411 e. The number of anilines is 1. The van der Waals surface area contributed by atoms with E-state index in [2.05, 4.69) is 42.6 Å². The second-order valence-electron chi connectivity index (χ2n) is 7.74. The summed E-state index contributed by atoms with van der Waals surface area (Å²) in [4.78, 5) is 0. The van der Waals surface area contributed by atoms with Gasteiger partial charge in [-0.15, -0.1) is 0 Å². The normalized spacial score (nSPS) is 24.7. The van der Waals surface area contributed by atoms with Gasteiger partial charge in [0.1, 0.15) is 0 Å².